The van der Waals surface area contributed by atoms with Crippen LogP contribution < -0.4 is 5.32 Å². The van der Waals surface area contributed by atoms with Crippen LogP contribution in [0.3, 0.4) is 0 Å². The quantitative estimate of drug-likeness (QED) is 0.759. The number of carbonyl (C=O) groups is 2. The normalized spacial score (nSPS) is 19.6. The zero-order valence-electron chi connectivity index (χ0n) is 11.2. The van der Waals surface area contributed by atoms with Crippen LogP contribution >= 0.6 is 0 Å². The first-order valence-electron chi connectivity index (χ1n) is 6.74. The third kappa shape index (κ3) is 3.83. The van der Waals surface area contributed by atoms with E-state index in [0.29, 0.717) is 12.3 Å². The number of rotatable bonds is 5. The molecule has 0 aromatic rings. The Kier molecular flexibility index (Phi) is 5.84. The van der Waals surface area contributed by atoms with Gasteiger partial charge in [0.05, 0.1) is 6.07 Å². The molecule has 0 unspecified atom stereocenters. The zero-order valence-corrected chi connectivity index (χ0v) is 11.2. The molecule has 100 valence electrons. The van der Waals surface area contributed by atoms with E-state index in [1.54, 1.807) is 6.07 Å². The average molecular weight is 250 g/mol. The van der Waals surface area contributed by atoms with Crippen LogP contribution in [0.2, 0.25) is 0 Å². The number of nitrogens with zero attached hydrogens (tertiary/aromatic N) is 1. The van der Waals surface area contributed by atoms with E-state index in [-0.39, 0.29) is 11.7 Å². The highest BCUT2D eigenvalue weighted by molar-refractivity contribution is 6.03. The smallest absolute Gasteiger partial charge is 0.244 e. The first-order valence-corrected chi connectivity index (χ1v) is 6.74. The standard InChI is InChI=1S/C14H22N2O2/c1-10(11-6-4-3-5-7-11)8-13(17)12(9-15)14(18)16-2/h10-12H,3-8H2,1-2H3,(H,16,18)/t10-,12-/m1/s1. The van der Waals surface area contributed by atoms with Crippen LogP contribution in [0.4, 0.5) is 0 Å². The lowest BCUT2D eigenvalue weighted by atomic mass is 9.78. The minimum Gasteiger partial charge on any atom is -0.358 e. The Balaban J connectivity index is 2.52. The lowest BCUT2D eigenvalue weighted by molar-refractivity contribution is -0.132. The highest BCUT2D eigenvalue weighted by Gasteiger charge is 2.29. The molecule has 2 atom stereocenters. The first kappa shape index (κ1) is 14.7. The van der Waals surface area contributed by atoms with E-state index < -0.39 is 11.8 Å². The zero-order chi connectivity index (χ0) is 13.5. The Labute approximate surface area is 109 Å². The van der Waals surface area contributed by atoms with Gasteiger partial charge in [-0.25, -0.2) is 0 Å². The Morgan fingerprint density at radius 1 is 1.33 bits per heavy atom. The lowest BCUT2D eigenvalue weighted by Crippen LogP contribution is -2.33. The minimum absolute atomic E-state index is 0.241. The molecule has 0 bridgehead atoms. The van der Waals surface area contributed by atoms with Crippen LogP contribution in [0, 0.1) is 29.1 Å². The van der Waals surface area contributed by atoms with Crippen LogP contribution in [0.15, 0.2) is 0 Å². The SMILES string of the molecule is CNC(=O)[C@H](C#N)C(=O)C[C@@H](C)C1CCCCC1. The summed E-state index contributed by atoms with van der Waals surface area (Å²) in [6.07, 6.45) is 6.45. The molecule has 4 heteroatoms. The van der Waals surface area contributed by atoms with Crippen molar-refractivity contribution in [3.63, 3.8) is 0 Å². The number of Topliss-reactive ketones (excluding diaryl/α,β-unsaturated/α-hetero) is 1. The average Bonchev–Trinajstić information content (AvgIpc) is 2.40. The molecule has 4 nitrogen and oxygen atoms in total. The highest BCUT2D eigenvalue weighted by Crippen LogP contribution is 2.32. The van der Waals surface area contributed by atoms with Gasteiger partial charge in [0.15, 0.2) is 11.7 Å². The van der Waals surface area contributed by atoms with Gasteiger partial charge in [0.2, 0.25) is 5.91 Å². The fraction of sp³-hybridized carbons (Fsp3) is 0.786. The largest absolute Gasteiger partial charge is 0.358 e. The number of nitrogens with one attached hydrogen (secondary N) is 1. The van der Waals surface area contributed by atoms with Crippen molar-refractivity contribution in [2.45, 2.75) is 45.4 Å². The molecule has 1 aliphatic rings. The van der Waals surface area contributed by atoms with E-state index in [1.807, 2.05) is 0 Å². The maximum absolute atomic E-state index is 11.9. The van der Waals surface area contributed by atoms with Crippen LogP contribution in [-0.2, 0) is 9.59 Å². The summed E-state index contributed by atoms with van der Waals surface area (Å²) in [6.45, 7) is 2.06. The van der Waals surface area contributed by atoms with Crippen LogP contribution in [0.5, 0.6) is 0 Å². The monoisotopic (exact) mass is 250 g/mol. The molecule has 1 rings (SSSR count). The topological polar surface area (TPSA) is 70.0 Å². The highest BCUT2D eigenvalue weighted by atomic mass is 16.2. The fourth-order valence-electron chi connectivity index (χ4n) is 2.73. The molecule has 1 N–H and O–H groups in total. The summed E-state index contributed by atoms with van der Waals surface area (Å²) >= 11 is 0. The number of carbonyl (C=O) groups excluding carboxylic acids is 2. The Morgan fingerprint density at radius 3 is 2.44 bits per heavy atom. The third-order valence-corrected chi connectivity index (χ3v) is 3.94. The van der Waals surface area contributed by atoms with Gasteiger partial charge in [-0.3, -0.25) is 9.59 Å². The van der Waals surface area contributed by atoms with E-state index in [0.717, 1.165) is 0 Å². The molecular formula is C14H22N2O2. The minimum atomic E-state index is -1.14. The summed E-state index contributed by atoms with van der Waals surface area (Å²) in [4.78, 5) is 23.3. The second kappa shape index (κ2) is 7.15. The molecule has 1 fully saturated rings. The number of hydrogen-bond donors (Lipinski definition) is 1. The van der Waals surface area contributed by atoms with Gasteiger partial charge in [-0.15, -0.1) is 0 Å². The lowest BCUT2D eigenvalue weighted by Gasteiger charge is -2.27. The van der Waals surface area contributed by atoms with Gasteiger partial charge in [0, 0.05) is 13.5 Å². The summed E-state index contributed by atoms with van der Waals surface area (Å²) in [5, 5.41) is 11.3. The Morgan fingerprint density at radius 2 is 1.94 bits per heavy atom. The van der Waals surface area contributed by atoms with Crippen molar-refractivity contribution in [2.75, 3.05) is 7.05 Å². The summed E-state index contributed by atoms with van der Waals surface area (Å²) < 4.78 is 0. The Bertz CT molecular complexity index is 340. The maximum Gasteiger partial charge on any atom is 0.244 e. The van der Waals surface area contributed by atoms with Crippen molar-refractivity contribution in [3.05, 3.63) is 0 Å². The molecule has 0 saturated heterocycles. The van der Waals surface area contributed by atoms with Gasteiger partial charge in [-0.05, 0) is 11.8 Å². The van der Waals surface area contributed by atoms with Gasteiger partial charge in [0.25, 0.3) is 0 Å². The van der Waals surface area contributed by atoms with Gasteiger partial charge in [-0.2, -0.15) is 5.26 Å². The fourth-order valence-corrected chi connectivity index (χ4v) is 2.73. The van der Waals surface area contributed by atoms with Crippen molar-refractivity contribution < 1.29 is 9.59 Å². The van der Waals surface area contributed by atoms with E-state index in [2.05, 4.69) is 12.2 Å². The summed E-state index contributed by atoms with van der Waals surface area (Å²) in [7, 11) is 1.45. The Hall–Kier alpha value is -1.37. The van der Waals surface area contributed by atoms with Gasteiger partial charge in [-0.1, -0.05) is 39.0 Å². The van der Waals surface area contributed by atoms with Crippen molar-refractivity contribution >= 4 is 11.7 Å². The third-order valence-electron chi connectivity index (χ3n) is 3.94. The molecule has 1 aliphatic carbocycles. The number of amides is 1. The van der Waals surface area contributed by atoms with Crippen molar-refractivity contribution in [3.8, 4) is 6.07 Å². The van der Waals surface area contributed by atoms with E-state index >= 15 is 0 Å². The molecule has 18 heavy (non-hydrogen) atoms. The van der Waals surface area contributed by atoms with Crippen LogP contribution in [-0.4, -0.2) is 18.7 Å². The molecule has 0 aliphatic heterocycles. The van der Waals surface area contributed by atoms with Crippen LogP contribution in [0.1, 0.15) is 45.4 Å². The van der Waals surface area contributed by atoms with Crippen molar-refractivity contribution in [1.29, 1.82) is 5.26 Å². The predicted octanol–water partition coefficient (Wildman–Crippen LogP) is 2.05. The molecule has 0 heterocycles. The first-order chi connectivity index (χ1) is 8.60. The molecule has 0 radical (unpaired) electrons. The molecule has 0 aromatic heterocycles. The van der Waals surface area contributed by atoms with E-state index in [1.165, 1.54) is 39.2 Å². The predicted molar refractivity (Wildman–Crippen MR) is 68.5 cm³/mol. The second-order valence-corrected chi connectivity index (χ2v) is 5.22. The maximum atomic E-state index is 11.9. The molecule has 1 amide bonds. The van der Waals surface area contributed by atoms with Crippen molar-refractivity contribution in [1.82, 2.24) is 5.32 Å². The summed E-state index contributed by atoms with van der Waals surface area (Å²) in [6, 6.07) is 1.80. The second-order valence-electron chi connectivity index (χ2n) is 5.22. The number of ketones is 1. The molecular weight excluding hydrogens is 228 g/mol. The van der Waals surface area contributed by atoms with Crippen LogP contribution in [0.25, 0.3) is 0 Å². The summed E-state index contributed by atoms with van der Waals surface area (Å²) in [5.74, 6) is -1.01. The van der Waals surface area contributed by atoms with Gasteiger partial charge in [0.1, 0.15) is 0 Å². The number of nitriles is 1. The summed E-state index contributed by atoms with van der Waals surface area (Å²) in [5.41, 5.74) is 0. The molecule has 0 aromatic carbocycles. The van der Waals surface area contributed by atoms with Crippen molar-refractivity contribution in [2.24, 2.45) is 17.8 Å². The number of hydrogen-bond acceptors (Lipinski definition) is 3. The van der Waals surface area contributed by atoms with Gasteiger partial charge >= 0.3 is 0 Å². The molecule has 0 spiro atoms. The molecule has 1 saturated carbocycles. The van der Waals surface area contributed by atoms with E-state index in [9.17, 15) is 9.59 Å². The van der Waals surface area contributed by atoms with Gasteiger partial charge < -0.3 is 5.32 Å². The van der Waals surface area contributed by atoms with E-state index in [4.69, 9.17) is 5.26 Å².